The van der Waals surface area contributed by atoms with Crippen LogP contribution < -0.4 is 5.32 Å². The lowest BCUT2D eigenvalue weighted by molar-refractivity contribution is -0.120. The van der Waals surface area contributed by atoms with Crippen molar-refractivity contribution in [1.82, 2.24) is 4.90 Å². The van der Waals surface area contributed by atoms with Crippen LogP contribution in [-0.2, 0) is 16.1 Å². The molecule has 0 radical (unpaired) electrons. The summed E-state index contributed by atoms with van der Waals surface area (Å²) in [6.45, 7) is 0.739. The molecule has 1 N–H and O–H groups in total. The van der Waals surface area contributed by atoms with Gasteiger partial charge in [-0.2, -0.15) is 0 Å². The van der Waals surface area contributed by atoms with Gasteiger partial charge in [-0.25, -0.2) is 4.79 Å². The smallest absolute Gasteiger partial charge is 0.410 e. The Morgan fingerprint density at radius 1 is 1.12 bits per heavy atom. The monoisotopic (exact) mass is 402 g/mol. The van der Waals surface area contributed by atoms with Crippen molar-refractivity contribution in [2.24, 2.45) is 0 Å². The molecule has 1 aliphatic rings. The number of benzene rings is 2. The van der Waals surface area contributed by atoms with E-state index >= 15 is 0 Å². The van der Waals surface area contributed by atoms with E-state index < -0.39 is 12.1 Å². The van der Waals surface area contributed by atoms with E-state index in [0.717, 1.165) is 16.5 Å². The summed E-state index contributed by atoms with van der Waals surface area (Å²) in [6, 6.07) is 16.3. The van der Waals surface area contributed by atoms with Crippen molar-refractivity contribution in [1.29, 1.82) is 0 Å². The molecule has 1 saturated heterocycles. The Kier molecular flexibility index (Phi) is 5.71. The molecule has 3 rings (SSSR count). The van der Waals surface area contributed by atoms with E-state index in [1.807, 2.05) is 54.6 Å². The van der Waals surface area contributed by atoms with Crippen molar-refractivity contribution < 1.29 is 14.3 Å². The van der Waals surface area contributed by atoms with Crippen LogP contribution in [0.25, 0.3) is 0 Å². The summed E-state index contributed by atoms with van der Waals surface area (Å²) in [5.41, 5.74) is 1.63. The number of halogens is 1. The number of likely N-dealkylation sites (tertiary alicyclic amines) is 1. The summed E-state index contributed by atoms with van der Waals surface area (Å²) in [5.74, 6) is -0.184. The number of anilines is 1. The van der Waals surface area contributed by atoms with E-state index in [0.29, 0.717) is 18.7 Å². The van der Waals surface area contributed by atoms with Crippen LogP contribution in [0, 0.1) is 0 Å². The molecule has 2 amide bonds. The van der Waals surface area contributed by atoms with E-state index in [1.54, 1.807) is 0 Å². The molecule has 1 heterocycles. The molecular formula is C19H19BrN2O3. The topological polar surface area (TPSA) is 58.6 Å². The number of nitrogens with one attached hydrogen (secondary N) is 1. The Bertz CT molecular complexity index is 734. The lowest BCUT2D eigenvalue weighted by atomic mass is 10.2. The van der Waals surface area contributed by atoms with Crippen LogP contribution in [0.1, 0.15) is 18.4 Å². The van der Waals surface area contributed by atoms with E-state index in [2.05, 4.69) is 21.2 Å². The van der Waals surface area contributed by atoms with Gasteiger partial charge in [0.2, 0.25) is 5.91 Å². The van der Waals surface area contributed by atoms with Gasteiger partial charge in [-0.3, -0.25) is 9.69 Å². The minimum Gasteiger partial charge on any atom is -0.445 e. The van der Waals surface area contributed by atoms with Gasteiger partial charge in [0.15, 0.2) is 0 Å². The molecule has 0 bridgehead atoms. The highest BCUT2D eigenvalue weighted by atomic mass is 79.9. The predicted octanol–water partition coefficient (Wildman–Crippen LogP) is 4.19. The summed E-state index contributed by atoms with van der Waals surface area (Å²) in [5, 5.41) is 2.86. The molecule has 0 aromatic heterocycles. The number of carbonyl (C=O) groups excluding carboxylic acids is 2. The third kappa shape index (κ3) is 4.60. The van der Waals surface area contributed by atoms with Crippen molar-refractivity contribution in [2.45, 2.75) is 25.5 Å². The zero-order chi connectivity index (χ0) is 17.6. The lowest BCUT2D eigenvalue weighted by Crippen LogP contribution is -2.43. The van der Waals surface area contributed by atoms with Gasteiger partial charge in [0.05, 0.1) is 0 Å². The number of hydrogen-bond donors (Lipinski definition) is 1. The maximum atomic E-state index is 12.5. The fourth-order valence-corrected chi connectivity index (χ4v) is 3.08. The molecule has 6 heteroatoms. The zero-order valence-corrected chi connectivity index (χ0v) is 15.2. The molecule has 2 aromatic rings. The standard InChI is InChI=1S/C19H19BrN2O3/c20-15-8-10-16(11-9-15)21-18(23)17-7-4-12-22(17)19(24)25-13-14-5-2-1-3-6-14/h1-3,5-6,8-11,17H,4,7,12-13H2,(H,21,23)/t17-/m1/s1. The van der Waals surface area contributed by atoms with Gasteiger partial charge in [0.25, 0.3) is 0 Å². The van der Waals surface area contributed by atoms with Crippen LogP contribution in [0.4, 0.5) is 10.5 Å². The van der Waals surface area contributed by atoms with Crippen molar-refractivity contribution in [3.05, 3.63) is 64.6 Å². The first-order valence-corrected chi connectivity index (χ1v) is 8.96. The fourth-order valence-electron chi connectivity index (χ4n) is 2.82. The number of rotatable bonds is 4. The van der Waals surface area contributed by atoms with Crippen molar-refractivity contribution >= 4 is 33.6 Å². The molecule has 0 unspecified atom stereocenters. The highest BCUT2D eigenvalue weighted by Gasteiger charge is 2.35. The molecule has 25 heavy (non-hydrogen) atoms. The average Bonchev–Trinajstić information content (AvgIpc) is 3.12. The third-order valence-electron chi connectivity index (χ3n) is 4.11. The second-order valence-corrected chi connectivity index (χ2v) is 6.80. The molecular weight excluding hydrogens is 384 g/mol. The van der Waals surface area contributed by atoms with Crippen LogP contribution in [0.2, 0.25) is 0 Å². The number of ether oxygens (including phenoxy) is 1. The number of carbonyl (C=O) groups is 2. The molecule has 1 aliphatic heterocycles. The molecule has 5 nitrogen and oxygen atoms in total. The second-order valence-electron chi connectivity index (χ2n) is 5.89. The Balaban J connectivity index is 1.58. The van der Waals surface area contributed by atoms with E-state index in [9.17, 15) is 9.59 Å². The van der Waals surface area contributed by atoms with Gasteiger partial charge in [0, 0.05) is 16.7 Å². The average molecular weight is 403 g/mol. The van der Waals surface area contributed by atoms with Crippen LogP contribution in [0.3, 0.4) is 0 Å². The van der Waals surface area contributed by atoms with Crippen LogP contribution in [0.5, 0.6) is 0 Å². The van der Waals surface area contributed by atoms with Crippen LogP contribution in [0.15, 0.2) is 59.1 Å². The fraction of sp³-hybridized carbons (Fsp3) is 0.263. The largest absolute Gasteiger partial charge is 0.445 e. The Morgan fingerprint density at radius 2 is 1.84 bits per heavy atom. The number of nitrogens with zero attached hydrogens (tertiary/aromatic N) is 1. The summed E-state index contributed by atoms with van der Waals surface area (Å²) in [7, 11) is 0. The second kappa shape index (κ2) is 8.16. The summed E-state index contributed by atoms with van der Waals surface area (Å²) in [6.07, 6.45) is 0.985. The first kappa shape index (κ1) is 17.5. The maximum Gasteiger partial charge on any atom is 0.410 e. The highest BCUT2D eigenvalue weighted by Crippen LogP contribution is 2.21. The Morgan fingerprint density at radius 3 is 2.56 bits per heavy atom. The van der Waals surface area contributed by atoms with Gasteiger partial charge in [-0.05, 0) is 42.7 Å². The van der Waals surface area contributed by atoms with Crippen molar-refractivity contribution in [3.8, 4) is 0 Å². The van der Waals surface area contributed by atoms with E-state index in [1.165, 1.54) is 4.90 Å². The third-order valence-corrected chi connectivity index (χ3v) is 4.64. The quantitative estimate of drug-likeness (QED) is 0.833. The number of hydrogen-bond acceptors (Lipinski definition) is 3. The van der Waals surface area contributed by atoms with Crippen molar-refractivity contribution in [2.75, 3.05) is 11.9 Å². The van der Waals surface area contributed by atoms with Crippen LogP contribution in [-0.4, -0.2) is 29.5 Å². The normalized spacial score (nSPS) is 16.5. The molecule has 0 aliphatic carbocycles. The summed E-state index contributed by atoms with van der Waals surface area (Å²) >= 11 is 3.36. The summed E-state index contributed by atoms with van der Waals surface area (Å²) < 4.78 is 6.30. The first-order valence-electron chi connectivity index (χ1n) is 8.17. The molecule has 0 spiro atoms. The maximum absolute atomic E-state index is 12.5. The predicted molar refractivity (Wildman–Crippen MR) is 99.1 cm³/mol. The van der Waals surface area contributed by atoms with Gasteiger partial charge >= 0.3 is 6.09 Å². The van der Waals surface area contributed by atoms with Gasteiger partial charge in [-0.15, -0.1) is 0 Å². The SMILES string of the molecule is O=C(Nc1ccc(Br)cc1)[C@H]1CCCN1C(=O)OCc1ccccc1. The van der Waals surface area contributed by atoms with Crippen LogP contribution >= 0.6 is 15.9 Å². The minimum atomic E-state index is -0.494. The first-order chi connectivity index (χ1) is 12.1. The Hall–Kier alpha value is -2.34. The van der Waals surface area contributed by atoms with E-state index in [4.69, 9.17) is 4.74 Å². The molecule has 0 saturated carbocycles. The highest BCUT2D eigenvalue weighted by molar-refractivity contribution is 9.10. The molecule has 1 atom stereocenters. The molecule has 130 valence electrons. The van der Waals surface area contributed by atoms with Crippen molar-refractivity contribution in [3.63, 3.8) is 0 Å². The Labute approximate surface area is 155 Å². The summed E-state index contributed by atoms with van der Waals surface area (Å²) in [4.78, 5) is 26.4. The van der Waals surface area contributed by atoms with Gasteiger partial charge in [-0.1, -0.05) is 46.3 Å². The van der Waals surface area contributed by atoms with Gasteiger partial charge < -0.3 is 10.1 Å². The van der Waals surface area contributed by atoms with E-state index in [-0.39, 0.29) is 12.5 Å². The lowest BCUT2D eigenvalue weighted by Gasteiger charge is -2.23. The molecule has 1 fully saturated rings. The zero-order valence-electron chi connectivity index (χ0n) is 13.7. The number of amides is 2. The van der Waals surface area contributed by atoms with Gasteiger partial charge in [0.1, 0.15) is 12.6 Å². The molecule has 2 aromatic carbocycles. The minimum absolute atomic E-state index is 0.184.